The lowest BCUT2D eigenvalue weighted by Crippen LogP contribution is -2.58. The number of ether oxygens (including phenoxy) is 2. The largest absolute Gasteiger partial charge is 0.390 e. The van der Waals surface area contributed by atoms with E-state index in [2.05, 4.69) is 0 Å². The van der Waals surface area contributed by atoms with Crippen molar-refractivity contribution in [3.8, 4) is 0 Å². The van der Waals surface area contributed by atoms with Crippen molar-refractivity contribution in [2.24, 2.45) is 5.92 Å². The predicted molar refractivity (Wildman–Crippen MR) is 47.1 cm³/mol. The molecule has 1 aliphatic heterocycles. The van der Waals surface area contributed by atoms with Crippen LogP contribution >= 0.6 is 0 Å². The van der Waals surface area contributed by atoms with Crippen LogP contribution in [0, 0.1) is 5.92 Å². The van der Waals surface area contributed by atoms with E-state index < -0.39 is 24.1 Å². The summed E-state index contributed by atoms with van der Waals surface area (Å²) in [6, 6.07) is 0. The van der Waals surface area contributed by atoms with Crippen molar-refractivity contribution < 1.29 is 19.7 Å². The van der Waals surface area contributed by atoms with Gasteiger partial charge in [-0.15, -0.1) is 0 Å². The third kappa shape index (κ3) is 1.86. The average molecular weight is 190 g/mol. The molecule has 1 saturated heterocycles. The van der Waals surface area contributed by atoms with E-state index in [4.69, 9.17) is 9.47 Å². The fraction of sp³-hybridized carbons (Fsp3) is 1.00. The lowest BCUT2D eigenvalue weighted by Gasteiger charge is -2.45. The number of hydrogen-bond donors (Lipinski definition) is 2. The van der Waals surface area contributed by atoms with Crippen molar-refractivity contribution in [3.05, 3.63) is 0 Å². The highest BCUT2D eigenvalue weighted by Gasteiger charge is 2.46. The molecule has 0 aromatic heterocycles. The zero-order chi connectivity index (χ0) is 10.2. The Hall–Kier alpha value is -0.160. The lowest BCUT2D eigenvalue weighted by atomic mass is 9.82. The van der Waals surface area contributed by atoms with E-state index in [-0.39, 0.29) is 5.92 Å². The van der Waals surface area contributed by atoms with Crippen LogP contribution in [0.5, 0.6) is 0 Å². The van der Waals surface area contributed by atoms with Crippen LogP contribution in [0.4, 0.5) is 0 Å². The molecule has 13 heavy (non-hydrogen) atoms. The molecule has 1 rings (SSSR count). The highest BCUT2D eigenvalue weighted by atomic mass is 16.7. The first kappa shape index (κ1) is 10.9. The quantitative estimate of drug-likeness (QED) is 0.617. The molecule has 78 valence electrons. The summed E-state index contributed by atoms with van der Waals surface area (Å²) >= 11 is 0. The van der Waals surface area contributed by atoms with Crippen molar-refractivity contribution in [2.45, 2.75) is 44.9 Å². The minimum Gasteiger partial charge on any atom is -0.390 e. The molecule has 0 bridgehead atoms. The zero-order valence-electron chi connectivity index (χ0n) is 8.52. The van der Waals surface area contributed by atoms with E-state index in [0.29, 0.717) is 0 Å². The molecule has 1 aliphatic rings. The number of rotatable bonds is 1. The molecular formula is C9H18O4. The van der Waals surface area contributed by atoms with Gasteiger partial charge in [0.15, 0.2) is 6.29 Å². The van der Waals surface area contributed by atoms with Gasteiger partial charge in [0.2, 0.25) is 0 Å². The highest BCUT2D eigenvalue weighted by molar-refractivity contribution is 4.92. The third-order valence-corrected chi connectivity index (χ3v) is 2.89. The molecule has 1 fully saturated rings. The van der Waals surface area contributed by atoms with Crippen LogP contribution in [-0.4, -0.2) is 41.4 Å². The van der Waals surface area contributed by atoms with Crippen LogP contribution in [-0.2, 0) is 9.47 Å². The van der Waals surface area contributed by atoms with Crippen LogP contribution in [0.25, 0.3) is 0 Å². The first-order valence-electron chi connectivity index (χ1n) is 4.47. The van der Waals surface area contributed by atoms with E-state index in [1.54, 1.807) is 0 Å². The second kappa shape index (κ2) is 3.53. The van der Waals surface area contributed by atoms with Gasteiger partial charge in [-0.3, -0.25) is 0 Å². The molecule has 0 amide bonds. The molecule has 4 atom stereocenters. The van der Waals surface area contributed by atoms with Gasteiger partial charge in [-0.05, 0) is 13.8 Å². The summed E-state index contributed by atoms with van der Waals surface area (Å²) < 4.78 is 10.4. The topological polar surface area (TPSA) is 58.9 Å². The molecule has 1 heterocycles. The molecule has 0 aliphatic carbocycles. The Morgan fingerprint density at radius 3 is 2.23 bits per heavy atom. The SMILES string of the molecule is COC1OC(C)(C)[C@H](C)[C@@H](O)[C@@H]1O. The molecule has 0 spiro atoms. The van der Waals surface area contributed by atoms with Crippen LogP contribution in [0.3, 0.4) is 0 Å². The van der Waals surface area contributed by atoms with Crippen molar-refractivity contribution in [2.75, 3.05) is 7.11 Å². The van der Waals surface area contributed by atoms with Crippen LogP contribution in [0.15, 0.2) is 0 Å². The third-order valence-electron chi connectivity index (χ3n) is 2.89. The Kier molecular flexibility index (Phi) is 2.97. The minimum absolute atomic E-state index is 0.117. The van der Waals surface area contributed by atoms with Gasteiger partial charge in [0.1, 0.15) is 6.10 Å². The summed E-state index contributed by atoms with van der Waals surface area (Å²) in [6.45, 7) is 5.59. The fourth-order valence-corrected chi connectivity index (χ4v) is 1.53. The number of aliphatic hydroxyl groups excluding tert-OH is 2. The van der Waals surface area contributed by atoms with Gasteiger partial charge in [-0.1, -0.05) is 6.92 Å². The van der Waals surface area contributed by atoms with Crippen molar-refractivity contribution in [1.82, 2.24) is 0 Å². The monoisotopic (exact) mass is 190 g/mol. The molecule has 4 heteroatoms. The molecule has 0 aromatic carbocycles. The maximum absolute atomic E-state index is 9.67. The van der Waals surface area contributed by atoms with E-state index in [9.17, 15) is 10.2 Å². The molecule has 0 aromatic rings. The van der Waals surface area contributed by atoms with Crippen molar-refractivity contribution in [1.29, 1.82) is 0 Å². The van der Waals surface area contributed by atoms with Gasteiger partial charge >= 0.3 is 0 Å². The highest BCUT2D eigenvalue weighted by Crippen LogP contribution is 2.34. The molecule has 0 saturated carbocycles. The van der Waals surface area contributed by atoms with Crippen LogP contribution in [0.2, 0.25) is 0 Å². The fourth-order valence-electron chi connectivity index (χ4n) is 1.53. The van der Waals surface area contributed by atoms with Crippen LogP contribution < -0.4 is 0 Å². The Morgan fingerprint density at radius 1 is 1.23 bits per heavy atom. The Labute approximate surface area is 78.5 Å². The normalized spacial score (nSPS) is 44.8. The second-order valence-electron chi connectivity index (χ2n) is 4.10. The van der Waals surface area contributed by atoms with E-state index in [1.807, 2.05) is 20.8 Å². The van der Waals surface area contributed by atoms with Gasteiger partial charge in [-0.25, -0.2) is 0 Å². The van der Waals surface area contributed by atoms with E-state index in [0.717, 1.165) is 0 Å². The van der Waals surface area contributed by atoms with Gasteiger partial charge in [0, 0.05) is 13.0 Å². The zero-order valence-corrected chi connectivity index (χ0v) is 8.52. The predicted octanol–water partition coefficient (Wildman–Crippen LogP) is 0.126. The summed E-state index contributed by atoms with van der Waals surface area (Å²) in [6.07, 6.45) is -2.50. The minimum atomic E-state index is -0.965. The summed E-state index contributed by atoms with van der Waals surface area (Å²) in [7, 11) is 1.45. The number of hydrogen-bond acceptors (Lipinski definition) is 4. The smallest absolute Gasteiger partial charge is 0.186 e. The molecule has 4 nitrogen and oxygen atoms in total. The number of methoxy groups -OCH3 is 1. The molecule has 1 unspecified atom stereocenters. The molecular weight excluding hydrogens is 172 g/mol. The Morgan fingerprint density at radius 2 is 1.77 bits per heavy atom. The molecule has 0 radical (unpaired) electrons. The maximum atomic E-state index is 9.67. The summed E-state index contributed by atoms with van der Waals surface area (Å²) in [5.41, 5.74) is -0.473. The van der Waals surface area contributed by atoms with Crippen LogP contribution in [0.1, 0.15) is 20.8 Å². The standard InChI is InChI=1S/C9H18O4/c1-5-6(10)7(11)8(12-4)13-9(5,2)3/h5-8,10-11H,1-4H3/t5-,6-,7+,8?/m1/s1. The van der Waals surface area contributed by atoms with E-state index in [1.165, 1.54) is 7.11 Å². The van der Waals surface area contributed by atoms with Gasteiger partial charge in [0.25, 0.3) is 0 Å². The lowest BCUT2D eigenvalue weighted by molar-refractivity contribution is -0.302. The van der Waals surface area contributed by atoms with Gasteiger partial charge in [-0.2, -0.15) is 0 Å². The Bertz CT molecular complexity index is 178. The van der Waals surface area contributed by atoms with Crippen molar-refractivity contribution in [3.63, 3.8) is 0 Å². The first-order valence-corrected chi connectivity index (χ1v) is 4.47. The summed E-state index contributed by atoms with van der Waals surface area (Å²) in [4.78, 5) is 0. The number of aliphatic hydroxyl groups is 2. The molecule has 2 N–H and O–H groups in total. The van der Waals surface area contributed by atoms with Gasteiger partial charge in [0.05, 0.1) is 11.7 Å². The summed E-state index contributed by atoms with van der Waals surface area (Å²) in [5, 5.41) is 19.2. The van der Waals surface area contributed by atoms with Crippen molar-refractivity contribution >= 4 is 0 Å². The summed E-state index contributed by atoms with van der Waals surface area (Å²) in [5.74, 6) is -0.117. The van der Waals surface area contributed by atoms with E-state index >= 15 is 0 Å². The average Bonchev–Trinajstić information content (AvgIpc) is 2.08. The Balaban J connectivity index is 2.79. The maximum Gasteiger partial charge on any atom is 0.186 e. The second-order valence-corrected chi connectivity index (χ2v) is 4.10. The van der Waals surface area contributed by atoms with Gasteiger partial charge < -0.3 is 19.7 Å². The first-order chi connectivity index (χ1) is 5.90.